The Morgan fingerprint density at radius 1 is 1.33 bits per heavy atom. The van der Waals surface area contributed by atoms with Crippen LogP contribution in [0.2, 0.25) is 0 Å². The maximum Gasteiger partial charge on any atom is 0.292 e. The number of benzene rings is 1. The summed E-state index contributed by atoms with van der Waals surface area (Å²) in [5, 5.41) is 13.9. The topological polar surface area (TPSA) is 68.1 Å². The Bertz CT molecular complexity index is 570. The average molecular weight is 243 g/mol. The third-order valence-electron chi connectivity index (χ3n) is 2.71. The van der Waals surface area contributed by atoms with Crippen LogP contribution in [0.15, 0.2) is 42.7 Å². The van der Waals surface area contributed by atoms with Crippen molar-refractivity contribution in [2.24, 2.45) is 0 Å². The van der Waals surface area contributed by atoms with Gasteiger partial charge in [-0.05, 0) is 30.2 Å². The van der Waals surface area contributed by atoms with Gasteiger partial charge in [-0.25, -0.2) is 0 Å². The second kappa shape index (κ2) is 5.27. The number of aryl methyl sites for hydroxylation is 1. The number of pyridine rings is 1. The molecule has 2 aromatic rings. The van der Waals surface area contributed by atoms with Crippen molar-refractivity contribution in [3.8, 4) is 0 Å². The zero-order valence-corrected chi connectivity index (χ0v) is 9.96. The first kappa shape index (κ1) is 12.0. The Kier molecular flexibility index (Phi) is 3.52. The van der Waals surface area contributed by atoms with Gasteiger partial charge in [0.15, 0.2) is 0 Å². The number of nitrogens with one attached hydrogen (secondary N) is 1. The summed E-state index contributed by atoms with van der Waals surface area (Å²) in [5.41, 5.74) is 2.75. The van der Waals surface area contributed by atoms with Gasteiger partial charge in [-0.1, -0.05) is 12.1 Å². The molecule has 1 aromatic carbocycles. The Labute approximate surface area is 105 Å². The molecule has 5 nitrogen and oxygen atoms in total. The van der Waals surface area contributed by atoms with E-state index in [2.05, 4.69) is 10.3 Å². The van der Waals surface area contributed by atoms with E-state index in [1.165, 1.54) is 6.07 Å². The van der Waals surface area contributed by atoms with Crippen LogP contribution in [-0.2, 0) is 6.54 Å². The lowest BCUT2D eigenvalue weighted by Crippen LogP contribution is -2.03. The summed E-state index contributed by atoms with van der Waals surface area (Å²) in [4.78, 5) is 14.5. The molecule has 0 aliphatic carbocycles. The van der Waals surface area contributed by atoms with E-state index in [4.69, 9.17) is 0 Å². The molecule has 0 amide bonds. The largest absolute Gasteiger partial charge is 0.375 e. The quantitative estimate of drug-likeness (QED) is 0.662. The molecule has 0 saturated carbocycles. The van der Waals surface area contributed by atoms with Gasteiger partial charge in [0.25, 0.3) is 5.69 Å². The molecule has 0 unspecified atom stereocenters. The minimum Gasteiger partial charge on any atom is -0.375 e. The molecular formula is C13H13N3O2. The van der Waals surface area contributed by atoms with Gasteiger partial charge in [-0.3, -0.25) is 15.1 Å². The SMILES string of the molecule is Cc1cnccc1CNc1ccccc1[N+](=O)[O-]. The van der Waals surface area contributed by atoms with Crippen molar-refractivity contribution in [3.05, 3.63) is 64.0 Å². The molecule has 1 aromatic heterocycles. The summed E-state index contributed by atoms with van der Waals surface area (Å²) in [5.74, 6) is 0. The van der Waals surface area contributed by atoms with Gasteiger partial charge in [0.05, 0.1) is 4.92 Å². The summed E-state index contributed by atoms with van der Waals surface area (Å²) in [6.07, 6.45) is 3.49. The van der Waals surface area contributed by atoms with Gasteiger partial charge in [-0.2, -0.15) is 0 Å². The second-order valence-corrected chi connectivity index (χ2v) is 3.93. The van der Waals surface area contributed by atoms with Crippen LogP contribution in [0.1, 0.15) is 11.1 Å². The fourth-order valence-electron chi connectivity index (χ4n) is 1.67. The Balaban J connectivity index is 2.16. The number of anilines is 1. The zero-order chi connectivity index (χ0) is 13.0. The van der Waals surface area contributed by atoms with Crippen LogP contribution >= 0.6 is 0 Å². The highest BCUT2D eigenvalue weighted by atomic mass is 16.6. The third kappa shape index (κ3) is 2.63. The molecule has 2 rings (SSSR count). The number of nitro benzene ring substituents is 1. The molecule has 0 atom stereocenters. The highest BCUT2D eigenvalue weighted by Crippen LogP contribution is 2.23. The van der Waals surface area contributed by atoms with E-state index in [0.717, 1.165) is 11.1 Å². The number of nitro groups is 1. The number of rotatable bonds is 4. The van der Waals surface area contributed by atoms with Crippen molar-refractivity contribution in [2.45, 2.75) is 13.5 Å². The number of para-hydroxylation sites is 2. The molecule has 1 heterocycles. The fraction of sp³-hybridized carbons (Fsp3) is 0.154. The van der Waals surface area contributed by atoms with Crippen molar-refractivity contribution >= 4 is 11.4 Å². The smallest absolute Gasteiger partial charge is 0.292 e. The summed E-state index contributed by atoms with van der Waals surface area (Å²) in [6, 6.07) is 8.52. The normalized spacial score (nSPS) is 10.1. The molecule has 0 aliphatic heterocycles. The lowest BCUT2D eigenvalue weighted by atomic mass is 10.1. The van der Waals surface area contributed by atoms with Crippen LogP contribution in [0.5, 0.6) is 0 Å². The van der Waals surface area contributed by atoms with Crippen LogP contribution in [0.4, 0.5) is 11.4 Å². The van der Waals surface area contributed by atoms with Gasteiger partial charge < -0.3 is 5.32 Å². The number of aromatic nitrogens is 1. The van der Waals surface area contributed by atoms with Crippen LogP contribution in [-0.4, -0.2) is 9.91 Å². The lowest BCUT2D eigenvalue weighted by molar-refractivity contribution is -0.384. The Hall–Kier alpha value is -2.43. The number of nitrogens with zero attached hydrogens (tertiary/aromatic N) is 2. The summed E-state index contributed by atoms with van der Waals surface area (Å²) in [6.45, 7) is 2.50. The first-order chi connectivity index (χ1) is 8.68. The van der Waals surface area contributed by atoms with Gasteiger partial charge in [0.2, 0.25) is 0 Å². The van der Waals surface area contributed by atoms with E-state index in [0.29, 0.717) is 12.2 Å². The molecule has 0 radical (unpaired) electrons. The Morgan fingerprint density at radius 2 is 2.11 bits per heavy atom. The molecule has 5 heteroatoms. The summed E-state index contributed by atoms with van der Waals surface area (Å²) >= 11 is 0. The number of hydrogen-bond donors (Lipinski definition) is 1. The molecule has 92 valence electrons. The minimum atomic E-state index is -0.387. The van der Waals surface area contributed by atoms with Crippen molar-refractivity contribution in [1.82, 2.24) is 4.98 Å². The van der Waals surface area contributed by atoms with Crippen LogP contribution < -0.4 is 5.32 Å². The van der Waals surface area contributed by atoms with E-state index < -0.39 is 0 Å². The maximum absolute atomic E-state index is 10.9. The monoisotopic (exact) mass is 243 g/mol. The third-order valence-corrected chi connectivity index (χ3v) is 2.71. The molecule has 1 N–H and O–H groups in total. The van der Waals surface area contributed by atoms with Gasteiger partial charge in [0.1, 0.15) is 5.69 Å². The van der Waals surface area contributed by atoms with Crippen molar-refractivity contribution in [1.29, 1.82) is 0 Å². The molecule has 0 bridgehead atoms. The first-order valence-corrected chi connectivity index (χ1v) is 5.55. The molecule has 0 spiro atoms. The summed E-state index contributed by atoms with van der Waals surface area (Å²) < 4.78 is 0. The number of hydrogen-bond acceptors (Lipinski definition) is 4. The second-order valence-electron chi connectivity index (χ2n) is 3.93. The van der Waals surface area contributed by atoms with Gasteiger partial charge in [0, 0.05) is 25.0 Å². The van der Waals surface area contributed by atoms with Crippen LogP contribution in [0.25, 0.3) is 0 Å². The molecule has 0 fully saturated rings. The Morgan fingerprint density at radius 3 is 2.83 bits per heavy atom. The summed E-state index contributed by atoms with van der Waals surface area (Å²) in [7, 11) is 0. The molecule has 0 aliphatic rings. The molecule has 0 saturated heterocycles. The van der Waals surface area contributed by atoms with E-state index >= 15 is 0 Å². The van der Waals surface area contributed by atoms with Crippen molar-refractivity contribution in [3.63, 3.8) is 0 Å². The van der Waals surface area contributed by atoms with Crippen LogP contribution in [0, 0.1) is 17.0 Å². The minimum absolute atomic E-state index is 0.0872. The highest BCUT2D eigenvalue weighted by molar-refractivity contribution is 5.61. The van der Waals surface area contributed by atoms with E-state index in [1.54, 1.807) is 30.6 Å². The highest BCUT2D eigenvalue weighted by Gasteiger charge is 2.11. The van der Waals surface area contributed by atoms with Crippen molar-refractivity contribution in [2.75, 3.05) is 5.32 Å². The molecule has 18 heavy (non-hydrogen) atoms. The van der Waals surface area contributed by atoms with E-state index in [1.807, 2.05) is 13.0 Å². The predicted molar refractivity (Wildman–Crippen MR) is 69.4 cm³/mol. The molecular weight excluding hydrogens is 230 g/mol. The van der Waals surface area contributed by atoms with E-state index in [9.17, 15) is 10.1 Å². The van der Waals surface area contributed by atoms with Crippen LogP contribution in [0.3, 0.4) is 0 Å². The lowest BCUT2D eigenvalue weighted by Gasteiger charge is -2.08. The van der Waals surface area contributed by atoms with E-state index in [-0.39, 0.29) is 10.6 Å². The van der Waals surface area contributed by atoms with Gasteiger partial charge in [-0.15, -0.1) is 0 Å². The first-order valence-electron chi connectivity index (χ1n) is 5.55. The predicted octanol–water partition coefficient (Wildman–Crippen LogP) is 2.91. The maximum atomic E-state index is 10.9. The van der Waals surface area contributed by atoms with Gasteiger partial charge >= 0.3 is 0 Å². The standard InChI is InChI=1S/C13H13N3O2/c1-10-8-14-7-6-11(10)9-15-12-4-2-3-5-13(12)16(17)18/h2-8,15H,9H2,1H3. The zero-order valence-electron chi connectivity index (χ0n) is 9.96. The fourth-order valence-corrected chi connectivity index (χ4v) is 1.67. The van der Waals surface area contributed by atoms with Crippen molar-refractivity contribution < 1.29 is 4.92 Å². The average Bonchev–Trinajstić information content (AvgIpc) is 2.38.